The van der Waals surface area contributed by atoms with E-state index in [9.17, 15) is 24.3 Å². The Morgan fingerprint density at radius 1 is 1.25 bits per heavy atom. The zero-order valence-electron chi connectivity index (χ0n) is 19.0. The van der Waals surface area contributed by atoms with Gasteiger partial charge in [-0.15, -0.1) is 0 Å². The number of rotatable bonds is 4. The summed E-state index contributed by atoms with van der Waals surface area (Å²) in [5.74, 6) is -4.67. The predicted molar refractivity (Wildman–Crippen MR) is 110 cm³/mol. The minimum atomic E-state index is -2.28. The first-order valence-electron chi connectivity index (χ1n) is 10.7. The molecule has 1 N–H and O–H groups in total. The van der Waals surface area contributed by atoms with Gasteiger partial charge in [0.2, 0.25) is 0 Å². The molecule has 9 nitrogen and oxygen atoms in total. The summed E-state index contributed by atoms with van der Waals surface area (Å²) < 4.78 is 22.2. The van der Waals surface area contributed by atoms with Crippen molar-refractivity contribution in [1.82, 2.24) is 0 Å². The Bertz CT molecular complexity index is 871. The third-order valence-electron chi connectivity index (χ3n) is 6.28. The Morgan fingerprint density at radius 2 is 1.88 bits per heavy atom. The number of fused-ring (bicyclic) bond motifs is 2. The molecule has 0 bridgehead atoms. The normalized spacial score (nSPS) is 39.0. The number of aliphatic hydroxyl groups is 1. The van der Waals surface area contributed by atoms with Crippen LogP contribution in [0.15, 0.2) is 24.3 Å². The molecule has 3 fully saturated rings. The van der Waals surface area contributed by atoms with Gasteiger partial charge in [0.25, 0.3) is 0 Å². The largest absolute Gasteiger partial charge is 0.458 e. The number of esters is 3. The van der Waals surface area contributed by atoms with Crippen molar-refractivity contribution in [3.63, 3.8) is 0 Å². The molecular formula is C23H30O9. The average molecular weight is 450 g/mol. The maximum Gasteiger partial charge on any atom is 0.334 e. The molecule has 2 heterocycles. The van der Waals surface area contributed by atoms with Crippen LogP contribution in [-0.4, -0.2) is 64.9 Å². The van der Waals surface area contributed by atoms with Crippen LogP contribution in [0.25, 0.3) is 0 Å². The fourth-order valence-corrected chi connectivity index (χ4v) is 4.26. The van der Waals surface area contributed by atoms with E-state index in [1.54, 1.807) is 13.8 Å². The van der Waals surface area contributed by atoms with Gasteiger partial charge in [-0.2, -0.15) is 0 Å². The van der Waals surface area contributed by atoms with E-state index in [0.717, 1.165) is 0 Å². The summed E-state index contributed by atoms with van der Waals surface area (Å²) in [6.45, 7) is 15.0. The maximum atomic E-state index is 13.2. The van der Waals surface area contributed by atoms with Crippen molar-refractivity contribution in [2.24, 2.45) is 17.8 Å². The zero-order valence-corrected chi connectivity index (χ0v) is 19.0. The molecule has 3 rings (SSSR count). The fraction of sp³-hybridized carbons (Fsp3) is 0.652. The highest BCUT2D eigenvalue weighted by atomic mass is 16.6. The quantitative estimate of drug-likeness (QED) is 0.291. The third kappa shape index (κ3) is 4.23. The molecule has 0 aromatic heterocycles. The number of epoxide rings is 1. The summed E-state index contributed by atoms with van der Waals surface area (Å²) in [4.78, 5) is 50.7. The van der Waals surface area contributed by atoms with E-state index in [1.807, 2.05) is 6.92 Å². The molecule has 2 saturated heterocycles. The van der Waals surface area contributed by atoms with Gasteiger partial charge in [0, 0.05) is 11.1 Å². The molecule has 32 heavy (non-hydrogen) atoms. The Kier molecular flexibility index (Phi) is 6.36. The Labute approximate surface area is 186 Å². The molecule has 2 aliphatic heterocycles. The molecule has 1 unspecified atom stereocenters. The molecule has 1 aliphatic carbocycles. The van der Waals surface area contributed by atoms with Crippen molar-refractivity contribution in [3.05, 3.63) is 24.3 Å². The predicted octanol–water partition coefficient (Wildman–Crippen LogP) is 1.27. The summed E-state index contributed by atoms with van der Waals surface area (Å²) in [5.41, 5.74) is -2.23. The van der Waals surface area contributed by atoms with Gasteiger partial charge in [0.15, 0.2) is 23.6 Å². The van der Waals surface area contributed by atoms with E-state index in [2.05, 4.69) is 13.2 Å². The molecule has 0 spiro atoms. The first-order valence-corrected chi connectivity index (χ1v) is 10.7. The SMILES string of the molecule is C=C(C)C(=O)O[C@H]1[C@H]2C(=C)C(=O)O[C@@H]2C[C@@H](C)[C@@H]2O[C@@H]2C(=O)C(C)(O)[C@@H]1OC(=O)C(C)C. The van der Waals surface area contributed by atoms with E-state index in [0.29, 0.717) is 6.42 Å². The summed E-state index contributed by atoms with van der Waals surface area (Å²) >= 11 is 0. The van der Waals surface area contributed by atoms with Gasteiger partial charge in [0.05, 0.1) is 17.9 Å². The second-order valence-corrected chi connectivity index (χ2v) is 9.40. The van der Waals surface area contributed by atoms with E-state index < -0.39 is 71.6 Å². The van der Waals surface area contributed by atoms with Crippen LogP contribution in [0.1, 0.15) is 41.0 Å². The smallest absolute Gasteiger partial charge is 0.334 e. The first-order chi connectivity index (χ1) is 14.8. The lowest BCUT2D eigenvalue weighted by Gasteiger charge is -2.40. The molecule has 8 atom stereocenters. The van der Waals surface area contributed by atoms with Crippen LogP contribution in [0.2, 0.25) is 0 Å². The van der Waals surface area contributed by atoms with Crippen molar-refractivity contribution in [3.8, 4) is 0 Å². The lowest BCUT2D eigenvalue weighted by atomic mass is 9.75. The highest BCUT2D eigenvalue weighted by Gasteiger charge is 2.63. The summed E-state index contributed by atoms with van der Waals surface area (Å²) in [7, 11) is 0. The second-order valence-electron chi connectivity index (χ2n) is 9.40. The standard InChI is InChI=1S/C23H30O9/c1-9(2)20(25)31-16-14-12(6)22(27)29-13(14)8-11(5)15-17(30-15)18(24)23(7,28)19(16)32-21(26)10(3)4/h10-11,13-17,19,28H,1,6,8H2,2-5,7H3/t11-,13-,14+,15+,16+,17+,19-,23?/m1/s1. The van der Waals surface area contributed by atoms with Crippen LogP contribution in [0, 0.1) is 17.8 Å². The average Bonchev–Trinajstić information content (AvgIpc) is 3.45. The lowest BCUT2D eigenvalue weighted by molar-refractivity contribution is -0.199. The van der Waals surface area contributed by atoms with Crippen molar-refractivity contribution < 1.29 is 43.2 Å². The maximum absolute atomic E-state index is 13.2. The van der Waals surface area contributed by atoms with Crippen LogP contribution in [0.4, 0.5) is 0 Å². The van der Waals surface area contributed by atoms with Gasteiger partial charge < -0.3 is 24.1 Å². The molecule has 3 aliphatic rings. The Hall–Kier alpha value is -2.52. The van der Waals surface area contributed by atoms with Gasteiger partial charge >= 0.3 is 17.9 Å². The van der Waals surface area contributed by atoms with Crippen LogP contribution in [0.5, 0.6) is 0 Å². The highest BCUT2D eigenvalue weighted by molar-refractivity contribution is 5.95. The molecule has 1 saturated carbocycles. The number of Topliss-reactive ketones (excluding diaryl/α,β-unsaturated/α-hetero) is 1. The van der Waals surface area contributed by atoms with E-state index in [1.165, 1.54) is 13.8 Å². The summed E-state index contributed by atoms with van der Waals surface area (Å²) in [6, 6.07) is 0. The van der Waals surface area contributed by atoms with Crippen molar-refractivity contribution in [2.45, 2.75) is 77.2 Å². The lowest BCUT2D eigenvalue weighted by Crippen LogP contribution is -2.60. The van der Waals surface area contributed by atoms with Crippen molar-refractivity contribution in [1.29, 1.82) is 0 Å². The summed E-state index contributed by atoms with van der Waals surface area (Å²) in [6.07, 6.45) is -4.91. The van der Waals surface area contributed by atoms with Gasteiger partial charge in [-0.3, -0.25) is 9.59 Å². The highest BCUT2D eigenvalue weighted by Crippen LogP contribution is 2.45. The van der Waals surface area contributed by atoms with Gasteiger partial charge in [-0.05, 0) is 26.2 Å². The van der Waals surface area contributed by atoms with Crippen molar-refractivity contribution in [2.75, 3.05) is 0 Å². The summed E-state index contributed by atoms with van der Waals surface area (Å²) in [5, 5.41) is 11.4. The number of ether oxygens (including phenoxy) is 4. The van der Waals surface area contributed by atoms with E-state index in [4.69, 9.17) is 18.9 Å². The molecular weight excluding hydrogens is 420 g/mol. The minimum Gasteiger partial charge on any atom is -0.458 e. The fourth-order valence-electron chi connectivity index (χ4n) is 4.26. The number of hydrogen-bond acceptors (Lipinski definition) is 9. The topological polar surface area (TPSA) is 129 Å². The number of carbonyl (C=O) groups is 4. The molecule has 9 heteroatoms. The number of hydrogen-bond donors (Lipinski definition) is 1. The molecule has 0 aromatic rings. The Morgan fingerprint density at radius 3 is 2.44 bits per heavy atom. The first kappa shape index (κ1) is 24.1. The zero-order chi connectivity index (χ0) is 24.1. The van der Waals surface area contributed by atoms with E-state index >= 15 is 0 Å². The van der Waals surface area contributed by atoms with Crippen LogP contribution in [-0.2, 0) is 38.1 Å². The molecule has 0 aromatic carbocycles. The van der Waals surface area contributed by atoms with Crippen LogP contribution < -0.4 is 0 Å². The van der Waals surface area contributed by atoms with Crippen LogP contribution in [0.3, 0.4) is 0 Å². The van der Waals surface area contributed by atoms with Gasteiger partial charge in [-0.1, -0.05) is 33.9 Å². The minimum absolute atomic E-state index is 0.00407. The molecule has 176 valence electrons. The van der Waals surface area contributed by atoms with Crippen LogP contribution >= 0.6 is 0 Å². The number of ketones is 1. The Balaban J connectivity index is 2.15. The molecule has 0 radical (unpaired) electrons. The van der Waals surface area contributed by atoms with E-state index in [-0.39, 0.29) is 17.1 Å². The van der Waals surface area contributed by atoms with Gasteiger partial charge in [0.1, 0.15) is 12.2 Å². The monoisotopic (exact) mass is 450 g/mol. The van der Waals surface area contributed by atoms with Gasteiger partial charge in [-0.25, -0.2) is 9.59 Å². The van der Waals surface area contributed by atoms with Crippen molar-refractivity contribution >= 4 is 23.7 Å². The number of carbonyl (C=O) groups excluding carboxylic acids is 4. The second kappa shape index (κ2) is 8.44. The molecule has 0 amide bonds. The third-order valence-corrected chi connectivity index (χ3v) is 6.28.